The molecule has 0 radical (unpaired) electrons. The van der Waals surface area contributed by atoms with Crippen molar-refractivity contribution >= 4 is 0 Å². The Morgan fingerprint density at radius 3 is 2.62 bits per heavy atom. The van der Waals surface area contributed by atoms with Gasteiger partial charge in [0.25, 0.3) is 0 Å². The van der Waals surface area contributed by atoms with Gasteiger partial charge in [-0.3, -0.25) is 4.90 Å². The van der Waals surface area contributed by atoms with Crippen LogP contribution < -0.4 is 4.74 Å². The first-order valence-electron chi connectivity index (χ1n) is 8.16. The molecule has 0 atom stereocenters. The van der Waals surface area contributed by atoms with E-state index in [-0.39, 0.29) is 12.4 Å². The molecular weight excluding hydrogens is 311 g/mol. The van der Waals surface area contributed by atoms with Crippen molar-refractivity contribution < 1.29 is 14.2 Å². The number of piperidine rings is 1. The minimum Gasteiger partial charge on any atom is -0.497 e. The summed E-state index contributed by atoms with van der Waals surface area (Å²) in [6.07, 6.45) is 1.91. The number of hydrogen-bond acceptors (Lipinski definition) is 5. The van der Waals surface area contributed by atoms with Crippen molar-refractivity contribution in [3.63, 3.8) is 0 Å². The molecule has 0 amide bonds. The highest BCUT2D eigenvalue weighted by atomic mass is 19.1. The van der Waals surface area contributed by atoms with Crippen LogP contribution in [0.1, 0.15) is 36.0 Å². The van der Waals surface area contributed by atoms with Crippen LogP contribution >= 0.6 is 0 Å². The van der Waals surface area contributed by atoms with Crippen molar-refractivity contribution in [2.24, 2.45) is 7.05 Å². The van der Waals surface area contributed by atoms with E-state index in [2.05, 4.69) is 15.1 Å². The molecule has 0 aliphatic carbocycles. The maximum atomic E-state index is 14.1. The van der Waals surface area contributed by atoms with Gasteiger partial charge in [-0.1, -0.05) is 6.07 Å². The molecular formula is C17H23FN4O2. The van der Waals surface area contributed by atoms with E-state index in [4.69, 9.17) is 4.74 Å². The van der Waals surface area contributed by atoms with E-state index in [1.807, 2.05) is 11.6 Å². The predicted octanol–water partition coefficient (Wildman–Crippen LogP) is 1.83. The van der Waals surface area contributed by atoms with Gasteiger partial charge < -0.3 is 14.4 Å². The Bertz CT molecular complexity index is 696. The molecule has 2 heterocycles. The summed E-state index contributed by atoms with van der Waals surface area (Å²) in [5, 5.41) is 17.4. The SMILES string of the molecule is COc1ccc(CN2CCC(c3nnc(CO)n3C)CC2)c(F)c1. The molecule has 0 bridgehead atoms. The second-order valence-corrected chi connectivity index (χ2v) is 6.20. The summed E-state index contributed by atoms with van der Waals surface area (Å²) in [6, 6.07) is 5.01. The van der Waals surface area contributed by atoms with Crippen LogP contribution in [0.15, 0.2) is 18.2 Å². The molecule has 1 saturated heterocycles. The van der Waals surface area contributed by atoms with E-state index in [0.29, 0.717) is 29.6 Å². The number of nitrogens with zero attached hydrogens (tertiary/aromatic N) is 4. The summed E-state index contributed by atoms with van der Waals surface area (Å²) in [5.41, 5.74) is 0.690. The quantitative estimate of drug-likeness (QED) is 0.904. The van der Waals surface area contributed by atoms with Gasteiger partial charge in [0.05, 0.1) is 7.11 Å². The van der Waals surface area contributed by atoms with E-state index in [1.54, 1.807) is 12.1 Å². The highest BCUT2D eigenvalue weighted by molar-refractivity contribution is 5.28. The number of halogens is 1. The molecule has 130 valence electrons. The van der Waals surface area contributed by atoms with Crippen molar-refractivity contribution in [1.29, 1.82) is 0 Å². The first-order chi connectivity index (χ1) is 11.6. The molecule has 0 spiro atoms. The first-order valence-corrected chi connectivity index (χ1v) is 8.16. The Hall–Kier alpha value is -1.99. The highest BCUT2D eigenvalue weighted by Crippen LogP contribution is 2.28. The van der Waals surface area contributed by atoms with E-state index < -0.39 is 0 Å². The van der Waals surface area contributed by atoms with Crippen LogP contribution in [0.5, 0.6) is 5.75 Å². The number of hydrogen-bond donors (Lipinski definition) is 1. The molecule has 1 aliphatic heterocycles. The molecule has 1 aromatic carbocycles. The average Bonchev–Trinajstić information content (AvgIpc) is 2.98. The third kappa shape index (κ3) is 3.42. The molecule has 1 aromatic heterocycles. The Kier molecular flexibility index (Phi) is 5.11. The van der Waals surface area contributed by atoms with Crippen molar-refractivity contribution in [1.82, 2.24) is 19.7 Å². The van der Waals surface area contributed by atoms with E-state index >= 15 is 0 Å². The van der Waals surface area contributed by atoms with Gasteiger partial charge in [-0.2, -0.15) is 0 Å². The Balaban J connectivity index is 1.60. The largest absolute Gasteiger partial charge is 0.497 e. The number of aliphatic hydroxyl groups is 1. The lowest BCUT2D eigenvalue weighted by molar-refractivity contribution is 0.198. The summed E-state index contributed by atoms with van der Waals surface area (Å²) in [4.78, 5) is 2.25. The minimum absolute atomic E-state index is 0.0981. The Morgan fingerprint density at radius 2 is 2.04 bits per heavy atom. The lowest BCUT2D eigenvalue weighted by atomic mass is 9.95. The van der Waals surface area contributed by atoms with Gasteiger partial charge in [0, 0.05) is 31.1 Å². The van der Waals surface area contributed by atoms with Gasteiger partial charge in [-0.05, 0) is 32.0 Å². The zero-order chi connectivity index (χ0) is 17.1. The van der Waals surface area contributed by atoms with Crippen LogP contribution in [-0.2, 0) is 20.2 Å². The van der Waals surface area contributed by atoms with Gasteiger partial charge in [0.1, 0.15) is 24.0 Å². The fourth-order valence-electron chi connectivity index (χ4n) is 3.24. The van der Waals surface area contributed by atoms with Gasteiger partial charge in [0.15, 0.2) is 5.82 Å². The first kappa shape index (κ1) is 16.9. The normalized spacial score (nSPS) is 16.5. The van der Waals surface area contributed by atoms with Crippen LogP contribution in [0, 0.1) is 5.82 Å². The number of ether oxygens (including phenoxy) is 1. The van der Waals surface area contributed by atoms with Gasteiger partial charge in [-0.25, -0.2) is 4.39 Å². The average molecular weight is 334 g/mol. The fraction of sp³-hybridized carbons (Fsp3) is 0.529. The molecule has 1 aliphatic rings. The minimum atomic E-state index is -0.225. The molecule has 6 nitrogen and oxygen atoms in total. The number of aliphatic hydroxyl groups excluding tert-OH is 1. The van der Waals surface area contributed by atoms with Crippen molar-refractivity contribution in [3.8, 4) is 5.75 Å². The third-order valence-corrected chi connectivity index (χ3v) is 4.75. The van der Waals surface area contributed by atoms with Gasteiger partial charge >= 0.3 is 0 Å². The number of rotatable bonds is 5. The standard InChI is InChI=1S/C17H23FN4O2/c1-21-16(11-23)19-20-17(21)12-5-7-22(8-6-12)10-13-3-4-14(24-2)9-15(13)18/h3-4,9,12,23H,5-8,10-11H2,1-2H3. The number of methoxy groups -OCH3 is 1. The molecule has 0 unspecified atom stereocenters. The van der Waals surface area contributed by atoms with Crippen molar-refractivity contribution in [2.45, 2.75) is 31.9 Å². The number of aromatic nitrogens is 3. The third-order valence-electron chi connectivity index (χ3n) is 4.75. The second-order valence-electron chi connectivity index (χ2n) is 6.20. The summed E-state index contributed by atoms with van der Waals surface area (Å²) < 4.78 is 21.0. The van der Waals surface area contributed by atoms with E-state index in [9.17, 15) is 9.50 Å². The smallest absolute Gasteiger partial charge is 0.158 e. The van der Waals surface area contributed by atoms with Crippen LogP contribution in [0.3, 0.4) is 0 Å². The van der Waals surface area contributed by atoms with Crippen LogP contribution in [-0.4, -0.2) is 45.0 Å². The van der Waals surface area contributed by atoms with Crippen LogP contribution in [0.25, 0.3) is 0 Å². The lowest BCUT2D eigenvalue weighted by Gasteiger charge is -2.31. The lowest BCUT2D eigenvalue weighted by Crippen LogP contribution is -2.33. The molecule has 24 heavy (non-hydrogen) atoms. The molecule has 1 fully saturated rings. The van der Waals surface area contributed by atoms with Crippen LogP contribution in [0.2, 0.25) is 0 Å². The molecule has 0 saturated carbocycles. The zero-order valence-corrected chi connectivity index (χ0v) is 14.1. The van der Waals surface area contributed by atoms with Gasteiger partial charge in [-0.15, -0.1) is 10.2 Å². The summed E-state index contributed by atoms with van der Waals surface area (Å²) in [5.74, 6) is 2.16. The highest BCUT2D eigenvalue weighted by Gasteiger charge is 2.25. The molecule has 2 aromatic rings. The van der Waals surface area contributed by atoms with Crippen molar-refractivity contribution in [3.05, 3.63) is 41.2 Å². The maximum Gasteiger partial charge on any atom is 0.158 e. The monoisotopic (exact) mass is 334 g/mol. The fourth-order valence-corrected chi connectivity index (χ4v) is 3.24. The summed E-state index contributed by atoms with van der Waals surface area (Å²) in [7, 11) is 3.42. The van der Waals surface area contributed by atoms with Crippen molar-refractivity contribution in [2.75, 3.05) is 20.2 Å². The van der Waals surface area contributed by atoms with E-state index in [1.165, 1.54) is 13.2 Å². The number of likely N-dealkylation sites (tertiary alicyclic amines) is 1. The Morgan fingerprint density at radius 1 is 1.29 bits per heavy atom. The predicted molar refractivity (Wildman–Crippen MR) is 87.1 cm³/mol. The van der Waals surface area contributed by atoms with Crippen LogP contribution in [0.4, 0.5) is 4.39 Å². The topological polar surface area (TPSA) is 63.4 Å². The maximum absolute atomic E-state index is 14.1. The molecule has 7 heteroatoms. The van der Waals surface area contributed by atoms with E-state index in [0.717, 1.165) is 31.8 Å². The Labute approximate surface area is 140 Å². The molecule has 1 N–H and O–H groups in total. The second kappa shape index (κ2) is 7.27. The summed E-state index contributed by atoms with van der Waals surface area (Å²) >= 11 is 0. The zero-order valence-electron chi connectivity index (χ0n) is 14.1. The number of benzene rings is 1. The van der Waals surface area contributed by atoms with Gasteiger partial charge in [0.2, 0.25) is 0 Å². The summed E-state index contributed by atoms with van der Waals surface area (Å²) in [6.45, 7) is 2.28. The molecule has 3 rings (SSSR count).